The Morgan fingerprint density at radius 2 is 2.14 bits per heavy atom. The first-order valence-corrected chi connectivity index (χ1v) is 7.79. The summed E-state index contributed by atoms with van der Waals surface area (Å²) in [6.45, 7) is 0.695. The maximum absolute atomic E-state index is 4.46. The van der Waals surface area contributed by atoms with Crippen LogP contribution in [-0.4, -0.2) is 19.7 Å². The number of nitrogens with one attached hydrogen (secondary N) is 1. The summed E-state index contributed by atoms with van der Waals surface area (Å²) in [7, 11) is 0. The minimum Gasteiger partial charge on any atom is -0.378 e. The molecule has 22 heavy (non-hydrogen) atoms. The van der Waals surface area contributed by atoms with Gasteiger partial charge in [-0.2, -0.15) is 5.10 Å². The van der Waals surface area contributed by atoms with E-state index in [2.05, 4.69) is 31.8 Å². The van der Waals surface area contributed by atoms with Crippen molar-refractivity contribution in [3.05, 3.63) is 66.1 Å². The van der Waals surface area contributed by atoms with E-state index in [1.165, 1.54) is 4.70 Å². The van der Waals surface area contributed by atoms with E-state index in [0.717, 1.165) is 22.6 Å². The van der Waals surface area contributed by atoms with Crippen LogP contribution in [0, 0.1) is 0 Å². The van der Waals surface area contributed by atoms with E-state index >= 15 is 0 Å². The molecule has 5 nitrogen and oxygen atoms in total. The van der Waals surface area contributed by atoms with Gasteiger partial charge in [0.25, 0.3) is 0 Å². The van der Waals surface area contributed by atoms with Gasteiger partial charge in [-0.3, -0.25) is 4.98 Å². The second-order valence-electron chi connectivity index (χ2n) is 4.83. The first kappa shape index (κ1) is 13.0. The largest absolute Gasteiger partial charge is 0.378 e. The van der Waals surface area contributed by atoms with Gasteiger partial charge in [0.15, 0.2) is 5.82 Å². The molecule has 0 fully saturated rings. The van der Waals surface area contributed by atoms with Crippen molar-refractivity contribution in [2.45, 2.75) is 6.54 Å². The number of thiophene rings is 1. The summed E-state index contributed by atoms with van der Waals surface area (Å²) < 4.78 is 2.96. The molecule has 0 aliphatic rings. The van der Waals surface area contributed by atoms with Crippen molar-refractivity contribution >= 4 is 27.2 Å². The van der Waals surface area contributed by atoms with E-state index in [9.17, 15) is 0 Å². The number of aromatic nitrogens is 4. The summed E-state index contributed by atoms with van der Waals surface area (Å²) in [6.07, 6.45) is 7.30. The summed E-state index contributed by atoms with van der Waals surface area (Å²) in [5, 5.41) is 9.72. The Morgan fingerprint density at radius 3 is 3.05 bits per heavy atom. The fourth-order valence-electron chi connectivity index (χ4n) is 2.29. The lowest BCUT2D eigenvalue weighted by Crippen LogP contribution is -2.06. The van der Waals surface area contributed by atoms with Gasteiger partial charge in [0.05, 0.1) is 15.9 Å². The molecule has 0 saturated heterocycles. The Labute approximate surface area is 131 Å². The molecule has 108 valence electrons. The summed E-state index contributed by atoms with van der Waals surface area (Å²) in [5.41, 5.74) is 3.13. The Bertz CT molecular complexity index is 898. The lowest BCUT2D eigenvalue weighted by Gasteiger charge is -2.10. The van der Waals surface area contributed by atoms with Gasteiger partial charge < -0.3 is 5.32 Å². The highest BCUT2D eigenvalue weighted by atomic mass is 32.1. The Morgan fingerprint density at radius 1 is 1.14 bits per heavy atom. The number of anilines is 1. The molecule has 6 heteroatoms. The number of nitrogens with zero attached hydrogens (tertiary/aromatic N) is 4. The van der Waals surface area contributed by atoms with Crippen LogP contribution in [0.5, 0.6) is 0 Å². The van der Waals surface area contributed by atoms with Crippen molar-refractivity contribution in [2.24, 2.45) is 0 Å². The van der Waals surface area contributed by atoms with Crippen molar-refractivity contribution < 1.29 is 0 Å². The van der Waals surface area contributed by atoms with Crippen LogP contribution in [-0.2, 0) is 6.54 Å². The van der Waals surface area contributed by atoms with Crippen molar-refractivity contribution in [3.63, 3.8) is 0 Å². The predicted molar refractivity (Wildman–Crippen MR) is 88.3 cm³/mol. The van der Waals surface area contributed by atoms with Crippen LogP contribution < -0.4 is 5.32 Å². The van der Waals surface area contributed by atoms with Crippen molar-refractivity contribution in [1.82, 2.24) is 19.7 Å². The van der Waals surface area contributed by atoms with Gasteiger partial charge in [0.1, 0.15) is 0 Å². The molecule has 0 amide bonds. The Balaban J connectivity index is 1.59. The molecule has 0 aliphatic carbocycles. The minimum absolute atomic E-state index is 0.695. The van der Waals surface area contributed by atoms with Gasteiger partial charge in [0, 0.05) is 31.3 Å². The standard InChI is InChI=1S/C16H13N5S/c1-3-14(16(17-5-1)21-7-2-6-20-21)19-11-12-9-15-13(18-10-12)4-8-22-15/h1-10,19H,11H2. The van der Waals surface area contributed by atoms with Crippen LogP contribution in [0.4, 0.5) is 5.69 Å². The van der Waals surface area contributed by atoms with Crippen LogP contribution in [0.25, 0.3) is 16.0 Å². The number of pyridine rings is 2. The SMILES string of the molecule is c1cnc(-n2cccn2)c(NCc2cnc3ccsc3c2)c1. The number of hydrogen-bond donors (Lipinski definition) is 1. The van der Waals surface area contributed by atoms with E-state index in [1.54, 1.807) is 28.4 Å². The third-order valence-corrected chi connectivity index (χ3v) is 4.20. The molecule has 1 N–H and O–H groups in total. The van der Waals surface area contributed by atoms with E-state index in [4.69, 9.17) is 0 Å². The fourth-order valence-corrected chi connectivity index (χ4v) is 3.10. The minimum atomic E-state index is 0.695. The molecule has 0 unspecified atom stereocenters. The van der Waals surface area contributed by atoms with Gasteiger partial charge >= 0.3 is 0 Å². The number of fused-ring (bicyclic) bond motifs is 1. The monoisotopic (exact) mass is 307 g/mol. The zero-order valence-electron chi connectivity index (χ0n) is 11.7. The molecule has 0 radical (unpaired) electrons. The van der Waals surface area contributed by atoms with Crippen LogP contribution >= 0.6 is 11.3 Å². The molecular weight excluding hydrogens is 294 g/mol. The van der Waals surface area contributed by atoms with Crippen molar-refractivity contribution in [2.75, 3.05) is 5.32 Å². The van der Waals surface area contributed by atoms with Crippen LogP contribution in [0.2, 0.25) is 0 Å². The summed E-state index contributed by atoms with van der Waals surface area (Å²) >= 11 is 1.71. The predicted octanol–water partition coefficient (Wildman–Crippen LogP) is 3.49. The molecule has 0 aliphatic heterocycles. The van der Waals surface area contributed by atoms with Crippen LogP contribution in [0.1, 0.15) is 5.56 Å². The molecule has 0 atom stereocenters. The van der Waals surface area contributed by atoms with E-state index in [0.29, 0.717) is 6.54 Å². The number of rotatable bonds is 4. The van der Waals surface area contributed by atoms with Crippen LogP contribution in [0.15, 0.2) is 60.5 Å². The van der Waals surface area contributed by atoms with Crippen LogP contribution in [0.3, 0.4) is 0 Å². The third kappa shape index (κ3) is 2.44. The van der Waals surface area contributed by atoms with E-state index < -0.39 is 0 Å². The first-order chi connectivity index (χ1) is 10.9. The molecule has 4 aromatic rings. The normalized spacial score (nSPS) is 10.9. The average Bonchev–Trinajstić information content (AvgIpc) is 3.24. The second kappa shape index (κ2) is 5.57. The quantitative estimate of drug-likeness (QED) is 0.627. The molecule has 0 bridgehead atoms. The summed E-state index contributed by atoms with van der Waals surface area (Å²) in [4.78, 5) is 8.86. The van der Waals surface area contributed by atoms with Gasteiger partial charge in [-0.1, -0.05) is 0 Å². The van der Waals surface area contributed by atoms with Gasteiger partial charge in [-0.15, -0.1) is 11.3 Å². The molecule has 0 aromatic carbocycles. The molecule has 4 aromatic heterocycles. The number of hydrogen-bond acceptors (Lipinski definition) is 5. The molecular formula is C16H13N5S. The lowest BCUT2D eigenvalue weighted by atomic mass is 10.2. The first-order valence-electron chi connectivity index (χ1n) is 6.91. The molecule has 0 saturated carbocycles. The smallest absolute Gasteiger partial charge is 0.176 e. The summed E-state index contributed by atoms with van der Waals surface area (Å²) in [5.74, 6) is 0.790. The second-order valence-corrected chi connectivity index (χ2v) is 5.77. The third-order valence-electron chi connectivity index (χ3n) is 3.35. The maximum Gasteiger partial charge on any atom is 0.176 e. The zero-order chi connectivity index (χ0) is 14.8. The topological polar surface area (TPSA) is 55.6 Å². The highest BCUT2D eigenvalue weighted by Gasteiger charge is 2.06. The fraction of sp³-hybridized carbons (Fsp3) is 0.0625. The highest BCUT2D eigenvalue weighted by molar-refractivity contribution is 7.17. The van der Waals surface area contributed by atoms with Crippen molar-refractivity contribution in [1.29, 1.82) is 0 Å². The van der Waals surface area contributed by atoms with Gasteiger partial charge in [0.2, 0.25) is 0 Å². The molecule has 4 rings (SSSR count). The zero-order valence-corrected chi connectivity index (χ0v) is 12.5. The Kier molecular flexibility index (Phi) is 3.29. The molecule has 0 spiro atoms. The van der Waals surface area contributed by atoms with E-state index in [1.807, 2.05) is 36.7 Å². The van der Waals surface area contributed by atoms with Gasteiger partial charge in [-0.25, -0.2) is 9.67 Å². The highest BCUT2D eigenvalue weighted by Crippen LogP contribution is 2.21. The lowest BCUT2D eigenvalue weighted by molar-refractivity contribution is 0.846. The maximum atomic E-state index is 4.46. The summed E-state index contributed by atoms with van der Waals surface area (Å²) in [6, 6.07) is 10.0. The van der Waals surface area contributed by atoms with Gasteiger partial charge in [-0.05, 0) is 41.3 Å². The Hall–Kier alpha value is -2.73. The molecule has 4 heterocycles. The average molecular weight is 307 g/mol. The van der Waals surface area contributed by atoms with Crippen molar-refractivity contribution in [3.8, 4) is 5.82 Å². The van der Waals surface area contributed by atoms with E-state index in [-0.39, 0.29) is 0 Å².